The Labute approximate surface area is 154 Å². The number of nitrogens with zero attached hydrogens (tertiary/aromatic N) is 3. The Bertz CT molecular complexity index is 705. The topological polar surface area (TPSA) is 82.9 Å². The van der Waals surface area contributed by atoms with Crippen molar-refractivity contribution in [3.8, 4) is 11.8 Å². The smallest absolute Gasteiger partial charge is 0.410 e. The van der Waals surface area contributed by atoms with Crippen LogP contribution in [-0.2, 0) is 9.53 Å². The highest BCUT2D eigenvalue weighted by Crippen LogP contribution is 2.16. The van der Waals surface area contributed by atoms with Crippen molar-refractivity contribution in [2.45, 2.75) is 39.3 Å². The average Bonchev–Trinajstić information content (AvgIpc) is 2.57. The third kappa shape index (κ3) is 5.38. The summed E-state index contributed by atoms with van der Waals surface area (Å²) >= 11 is 0. The van der Waals surface area contributed by atoms with Crippen molar-refractivity contribution in [2.75, 3.05) is 26.2 Å². The van der Waals surface area contributed by atoms with E-state index in [0.717, 1.165) is 5.56 Å². The predicted octanol–water partition coefficient (Wildman–Crippen LogP) is 2.35. The molecule has 0 aromatic heterocycles. The number of carbonyl (C=O) groups is 2. The van der Waals surface area contributed by atoms with Crippen molar-refractivity contribution in [3.05, 3.63) is 29.8 Å². The van der Waals surface area contributed by atoms with Gasteiger partial charge in [-0.15, -0.1) is 0 Å². The lowest BCUT2D eigenvalue weighted by molar-refractivity contribution is -0.136. The molecule has 1 saturated heterocycles. The maximum Gasteiger partial charge on any atom is 0.410 e. The molecule has 1 fully saturated rings. The molecule has 1 aliphatic rings. The summed E-state index contributed by atoms with van der Waals surface area (Å²) in [5.74, 6) is 0.334. The van der Waals surface area contributed by atoms with Gasteiger partial charge in [-0.1, -0.05) is 12.1 Å². The van der Waals surface area contributed by atoms with Crippen LogP contribution in [0.25, 0.3) is 0 Å². The van der Waals surface area contributed by atoms with Crippen molar-refractivity contribution in [3.63, 3.8) is 0 Å². The van der Waals surface area contributed by atoms with Gasteiger partial charge < -0.3 is 19.3 Å². The Morgan fingerprint density at radius 3 is 2.65 bits per heavy atom. The van der Waals surface area contributed by atoms with Crippen LogP contribution in [-0.4, -0.2) is 59.7 Å². The molecule has 1 aliphatic heterocycles. The first kappa shape index (κ1) is 19.6. The first-order valence-corrected chi connectivity index (χ1v) is 8.56. The van der Waals surface area contributed by atoms with E-state index >= 15 is 0 Å². The molecule has 26 heavy (non-hydrogen) atoms. The third-order valence-corrected chi connectivity index (χ3v) is 3.85. The zero-order valence-corrected chi connectivity index (χ0v) is 15.7. The predicted molar refractivity (Wildman–Crippen MR) is 95.6 cm³/mol. The summed E-state index contributed by atoms with van der Waals surface area (Å²) in [7, 11) is 0. The zero-order chi connectivity index (χ0) is 19.3. The quantitative estimate of drug-likeness (QED) is 0.827. The molecule has 0 saturated carbocycles. The highest BCUT2D eigenvalue weighted by molar-refractivity contribution is 5.79. The van der Waals surface area contributed by atoms with Gasteiger partial charge in [-0.2, -0.15) is 5.26 Å². The van der Waals surface area contributed by atoms with Gasteiger partial charge in [0.2, 0.25) is 0 Å². The summed E-state index contributed by atoms with van der Waals surface area (Å²) in [4.78, 5) is 27.5. The minimum atomic E-state index is -0.718. The fraction of sp³-hybridized carbons (Fsp3) is 0.526. The van der Waals surface area contributed by atoms with Crippen LogP contribution < -0.4 is 4.74 Å². The number of benzene rings is 1. The van der Waals surface area contributed by atoms with Crippen LogP contribution in [0.4, 0.5) is 4.79 Å². The first-order chi connectivity index (χ1) is 12.2. The number of aryl methyl sites for hydroxylation is 1. The molecular weight excluding hydrogens is 334 g/mol. The average molecular weight is 359 g/mol. The van der Waals surface area contributed by atoms with Gasteiger partial charge in [-0.05, 0) is 45.4 Å². The fourth-order valence-corrected chi connectivity index (χ4v) is 2.62. The van der Waals surface area contributed by atoms with Gasteiger partial charge in [0.15, 0.2) is 6.61 Å². The van der Waals surface area contributed by atoms with E-state index in [4.69, 9.17) is 9.47 Å². The van der Waals surface area contributed by atoms with E-state index < -0.39 is 17.7 Å². The van der Waals surface area contributed by atoms with E-state index in [0.29, 0.717) is 12.3 Å². The monoisotopic (exact) mass is 359 g/mol. The third-order valence-electron chi connectivity index (χ3n) is 3.85. The summed E-state index contributed by atoms with van der Waals surface area (Å²) in [5, 5.41) is 9.40. The largest absolute Gasteiger partial charge is 0.484 e. The number of nitriles is 1. The van der Waals surface area contributed by atoms with Crippen LogP contribution >= 0.6 is 0 Å². The molecule has 0 aliphatic carbocycles. The van der Waals surface area contributed by atoms with Crippen LogP contribution in [0.3, 0.4) is 0 Å². The highest BCUT2D eigenvalue weighted by Gasteiger charge is 2.34. The van der Waals surface area contributed by atoms with Gasteiger partial charge in [-0.3, -0.25) is 4.79 Å². The Hall–Kier alpha value is -2.75. The molecule has 2 amide bonds. The first-order valence-electron chi connectivity index (χ1n) is 8.56. The van der Waals surface area contributed by atoms with Gasteiger partial charge in [0, 0.05) is 13.1 Å². The minimum Gasteiger partial charge on any atom is -0.484 e. The molecule has 1 heterocycles. The van der Waals surface area contributed by atoms with E-state index in [9.17, 15) is 14.9 Å². The lowest BCUT2D eigenvalue weighted by Gasteiger charge is -2.38. The van der Waals surface area contributed by atoms with E-state index in [1.165, 1.54) is 9.80 Å². The molecule has 1 atom stereocenters. The van der Waals surface area contributed by atoms with Crippen molar-refractivity contribution in [1.29, 1.82) is 5.26 Å². The normalized spacial score (nSPS) is 17.4. The van der Waals surface area contributed by atoms with E-state index in [2.05, 4.69) is 6.07 Å². The number of ether oxygens (including phenoxy) is 2. The molecule has 0 spiro atoms. The standard InChI is InChI=1S/C19H25N3O4/c1-14-6-5-7-16(10-14)25-13-17(23)22-9-8-21(12-15(22)11-20)18(24)26-19(2,3)4/h5-7,10,15H,8-9,12-13H2,1-4H3. The van der Waals surface area contributed by atoms with Gasteiger partial charge in [0.05, 0.1) is 12.6 Å². The lowest BCUT2D eigenvalue weighted by atomic mass is 10.2. The lowest BCUT2D eigenvalue weighted by Crippen LogP contribution is -2.57. The summed E-state index contributed by atoms with van der Waals surface area (Å²) < 4.78 is 10.9. The van der Waals surface area contributed by atoms with E-state index in [-0.39, 0.29) is 25.6 Å². The molecule has 0 N–H and O–H groups in total. The minimum absolute atomic E-state index is 0.127. The second kappa shape index (κ2) is 8.09. The van der Waals surface area contributed by atoms with E-state index in [1.807, 2.05) is 25.1 Å². The highest BCUT2D eigenvalue weighted by atomic mass is 16.6. The van der Waals surface area contributed by atoms with Crippen molar-refractivity contribution >= 4 is 12.0 Å². The summed E-state index contributed by atoms with van der Waals surface area (Å²) in [5.41, 5.74) is 0.434. The van der Waals surface area contributed by atoms with Crippen LogP contribution in [0.5, 0.6) is 5.75 Å². The van der Waals surface area contributed by atoms with Crippen LogP contribution in [0.1, 0.15) is 26.3 Å². The van der Waals surface area contributed by atoms with Crippen LogP contribution in [0.15, 0.2) is 24.3 Å². The number of amides is 2. The number of piperazine rings is 1. The molecule has 7 heteroatoms. The van der Waals surface area contributed by atoms with Crippen LogP contribution in [0.2, 0.25) is 0 Å². The van der Waals surface area contributed by atoms with E-state index in [1.54, 1.807) is 26.8 Å². The maximum absolute atomic E-state index is 12.4. The van der Waals surface area contributed by atoms with Crippen molar-refractivity contribution in [2.24, 2.45) is 0 Å². The number of carbonyl (C=O) groups excluding carboxylic acids is 2. The van der Waals surface area contributed by atoms with Crippen molar-refractivity contribution in [1.82, 2.24) is 9.80 Å². The molecule has 7 nitrogen and oxygen atoms in total. The fourth-order valence-electron chi connectivity index (χ4n) is 2.62. The number of hydrogen-bond acceptors (Lipinski definition) is 5. The van der Waals surface area contributed by atoms with Gasteiger partial charge in [-0.25, -0.2) is 4.79 Å². The molecule has 1 aromatic rings. The van der Waals surface area contributed by atoms with Gasteiger partial charge in [0.1, 0.15) is 17.4 Å². The number of hydrogen-bond donors (Lipinski definition) is 0. The SMILES string of the molecule is Cc1cccc(OCC(=O)N2CCN(C(=O)OC(C)(C)C)CC2C#N)c1. The van der Waals surface area contributed by atoms with Gasteiger partial charge >= 0.3 is 6.09 Å². The second-order valence-electron chi connectivity index (χ2n) is 7.26. The van der Waals surface area contributed by atoms with Crippen LogP contribution in [0, 0.1) is 18.3 Å². The molecular formula is C19H25N3O4. The Balaban J connectivity index is 1.93. The van der Waals surface area contributed by atoms with Gasteiger partial charge in [0.25, 0.3) is 5.91 Å². The molecule has 140 valence electrons. The Morgan fingerprint density at radius 2 is 2.04 bits per heavy atom. The summed E-state index contributed by atoms with van der Waals surface area (Å²) in [6, 6.07) is 8.79. The molecule has 1 unspecified atom stereocenters. The zero-order valence-electron chi connectivity index (χ0n) is 15.7. The summed E-state index contributed by atoms with van der Waals surface area (Å²) in [6.07, 6.45) is -0.471. The summed E-state index contributed by atoms with van der Waals surface area (Å²) in [6.45, 7) is 7.88. The molecule has 1 aromatic carbocycles. The molecule has 0 radical (unpaired) electrons. The molecule has 2 rings (SSSR count). The Morgan fingerprint density at radius 1 is 1.31 bits per heavy atom. The Kier molecular flexibility index (Phi) is 6.09. The number of rotatable bonds is 3. The van der Waals surface area contributed by atoms with Crippen molar-refractivity contribution < 1.29 is 19.1 Å². The molecule has 0 bridgehead atoms. The second-order valence-corrected chi connectivity index (χ2v) is 7.26. The maximum atomic E-state index is 12.4.